The average Bonchev–Trinajstić information content (AvgIpc) is 2.18. The first-order valence-corrected chi connectivity index (χ1v) is 6.78. The van der Waals surface area contributed by atoms with Gasteiger partial charge in [-0.3, -0.25) is 0 Å². The van der Waals surface area contributed by atoms with Crippen LogP contribution in [0.3, 0.4) is 0 Å². The third-order valence-electron chi connectivity index (χ3n) is 2.27. The zero-order valence-electron chi connectivity index (χ0n) is 7.94. The molecule has 2 rings (SSSR count). The second kappa shape index (κ2) is 3.84. The van der Waals surface area contributed by atoms with Gasteiger partial charge in [-0.1, -0.05) is 11.6 Å². The summed E-state index contributed by atoms with van der Waals surface area (Å²) < 4.78 is 16.0. The molecule has 1 aliphatic heterocycles. The van der Waals surface area contributed by atoms with Crippen molar-refractivity contribution in [3.63, 3.8) is 0 Å². The fourth-order valence-electron chi connectivity index (χ4n) is 1.34. The Kier molecular flexibility index (Phi) is 2.68. The summed E-state index contributed by atoms with van der Waals surface area (Å²) in [4.78, 5) is 0. The Balaban J connectivity index is 2.50. The van der Waals surface area contributed by atoms with E-state index in [4.69, 9.17) is 16.9 Å². The molecule has 0 unspecified atom stereocenters. The Bertz CT molecular complexity index is 543. The van der Waals surface area contributed by atoms with Crippen LogP contribution in [0, 0.1) is 11.3 Å². The topological polar surface area (TPSA) is 53.2 Å². The molecule has 0 aliphatic carbocycles. The Morgan fingerprint density at radius 1 is 1.47 bits per heavy atom. The van der Waals surface area contributed by atoms with E-state index in [1.807, 2.05) is 6.07 Å². The average molecular weight is 241 g/mol. The third kappa shape index (κ3) is 2.14. The molecule has 1 aliphatic rings. The molecule has 0 bridgehead atoms. The highest BCUT2D eigenvalue weighted by atomic mass is 35.5. The number of hydrogen-bond acceptors (Lipinski definition) is 3. The van der Waals surface area contributed by atoms with Crippen LogP contribution in [-0.2, 0) is 9.73 Å². The van der Waals surface area contributed by atoms with Crippen LogP contribution in [0.5, 0.6) is 0 Å². The molecule has 5 heteroatoms. The van der Waals surface area contributed by atoms with E-state index in [9.17, 15) is 4.21 Å². The summed E-state index contributed by atoms with van der Waals surface area (Å²) in [5.74, 6) is 1.28. The number of halogens is 1. The molecule has 0 radical (unpaired) electrons. The van der Waals surface area contributed by atoms with Crippen LogP contribution < -0.4 is 0 Å². The molecule has 0 spiro atoms. The first-order chi connectivity index (χ1) is 7.13. The van der Waals surface area contributed by atoms with Crippen molar-refractivity contribution in [1.82, 2.24) is 0 Å². The van der Waals surface area contributed by atoms with Crippen molar-refractivity contribution < 1.29 is 4.21 Å². The van der Waals surface area contributed by atoms with Crippen molar-refractivity contribution in [3.05, 3.63) is 28.8 Å². The minimum atomic E-state index is -2.06. The van der Waals surface area contributed by atoms with Crippen molar-refractivity contribution >= 4 is 27.0 Å². The highest BCUT2D eigenvalue weighted by Gasteiger charge is 2.19. The van der Waals surface area contributed by atoms with E-state index in [2.05, 4.69) is 4.36 Å². The lowest BCUT2D eigenvalue weighted by atomic mass is 10.2. The van der Waals surface area contributed by atoms with E-state index in [-0.39, 0.29) is 0 Å². The zero-order chi connectivity index (χ0) is 10.9. The maximum atomic E-state index is 11.9. The number of hydrogen-bond donors (Lipinski definition) is 0. The van der Waals surface area contributed by atoms with E-state index in [1.54, 1.807) is 18.2 Å². The number of benzene rings is 1. The van der Waals surface area contributed by atoms with Gasteiger partial charge in [-0.2, -0.15) is 9.62 Å². The van der Waals surface area contributed by atoms with Gasteiger partial charge >= 0.3 is 0 Å². The summed E-state index contributed by atoms with van der Waals surface area (Å²) in [7, 11) is -2.06. The lowest BCUT2D eigenvalue weighted by Crippen LogP contribution is -2.23. The molecule has 1 aromatic carbocycles. The van der Waals surface area contributed by atoms with E-state index in [0.717, 1.165) is 6.42 Å². The van der Waals surface area contributed by atoms with Gasteiger partial charge in [-0.05, 0) is 24.6 Å². The highest BCUT2D eigenvalue weighted by molar-refractivity contribution is 7.95. The van der Waals surface area contributed by atoms with Gasteiger partial charge in [0.1, 0.15) is 6.07 Å². The lowest BCUT2D eigenvalue weighted by Gasteiger charge is -2.17. The van der Waals surface area contributed by atoms with Gasteiger partial charge in [-0.25, -0.2) is 4.21 Å². The van der Waals surface area contributed by atoms with Crippen molar-refractivity contribution in [1.29, 1.82) is 5.26 Å². The molecular weight excluding hydrogens is 232 g/mol. The molecular formula is C10H9ClN2OS. The molecule has 3 nitrogen and oxygen atoms in total. The van der Waals surface area contributed by atoms with Gasteiger partial charge in [0.2, 0.25) is 0 Å². The molecule has 15 heavy (non-hydrogen) atoms. The summed E-state index contributed by atoms with van der Waals surface area (Å²) >= 11 is 5.75. The van der Waals surface area contributed by atoms with Crippen molar-refractivity contribution in [2.75, 3.05) is 11.5 Å². The fourth-order valence-corrected chi connectivity index (χ4v) is 2.99. The van der Waals surface area contributed by atoms with E-state index in [1.165, 1.54) is 0 Å². The number of nitrogens with zero attached hydrogens (tertiary/aromatic N) is 2. The summed E-state index contributed by atoms with van der Waals surface area (Å²) in [5, 5.41) is 9.36. The van der Waals surface area contributed by atoms with E-state index < -0.39 is 9.73 Å². The number of rotatable bonds is 1. The second-order valence-electron chi connectivity index (χ2n) is 3.40. The molecule has 1 fully saturated rings. The Labute approximate surface area is 93.9 Å². The molecule has 0 amide bonds. The summed E-state index contributed by atoms with van der Waals surface area (Å²) in [6.07, 6.45) is 0.956. The smallest absolute Gasteiger partial charge is 0.101 e. The molecule has 0 aromatic heterocycles. The van der Waals surface area contributed by atoms with E-state index in [0.29, 0.717) is 27.8 Å². The number of nitriles is 1. The highest BCUT2D eigenvalue weighted by Crippen LogP contribution is 2.26. The minimum absolute atomic E-state index is 0.386. The first kappa shape index (κ1) is 10.5. The van der Waals surface area contributed by atoms with Gasteiger partial charge in [0.15, 0.2) is 0 Å². The van der Waals surface area contributed by atoms with Crippen LogP contribution in [-0.4, -0.2) is 15.7 Å². The van der Waals surface area contributed by atoms with Crippen LogP contribution in [0.2, 0.25) is 5.02 Å². The molecule has 0 N–H and O–H groups in total. The van der Waals surface area contributed by atoms with E-state index >= 15 is 0 Å². The Hall–Kier alpha value is -1.05. The van der Waals surface area contributed by atoms with Crippen LogP contribution in [0.4, 0.5) is 5.69 Å². The molecule has 1 aromatic rings. The van der Waals surface area contributed by atoms with Gasteiger partial charge in [0.05, 0.1) is 21.0 Å². The van der Waals surface area contributed by atoms with Crippen LogP contribution in [0.25, 0.3) is 0 Å². The van der Waals surface area contributed by atoms with Crippen LogP contribution >= 0.6 is 11.6 Å². The molecule has 0 atom stereocenters. The minimum Gasteiger partial charge on any atom is -0.249 e. The first-order valence-electron chi connectivity index (χ1n) is 4.55. The fraction of sp³-hybridized carbons (Fsp3) is 0.300. The van der Waals surface area contributed by atoms with Crippen molar-refractivity contribution in [3.8, 4) is 6.07 Å². The standard InChI is InChI=1S/C10H9ClN2OS/c11-9-2-3-10(8(6-9)7-12)13-15(14)4-1-5-15/h2-3,6H,1,4-5H2. The predicted molar refractivity (Wildman–Crippen MR) is 60.7 cm³/mol. The van der Waals surface area contributed by atoms with Crippen molar-refractivity contribution in [2.45, 2.75) is 6.42 Å². The maximum Gasteiger partial charge on any atom is 0.101 e. The van der Waals surface area contributed by atoms with Crippen LogP contribution in [0.15, 0.2) is 22.6 Å². The molecule has 1 heterocycles. The Morgan fingerprint density at radius 2 is 2.20 bits per heavy atom. The molecule has 0 saturated carbocycles. The van der Waals surface area contributed by atoms with Gasteiger partial charge < -0.3 is 0 Å². The largest absolute Gasteiger partial charge is 0.249 e. The summed E-state index contributed by atoms with van der Waals surface area (Å²) in [6, 6.07) is 6.85. The quantitative estimate of drug-likeness (QED) is 0.758. The van der Waals surface area contributed by atoms with Gasteiger partial charge in [0.25, 0.3) is 0 Å². The third-order valence-corrected chi connectivity index (χ3v) is 4.89. The molecule has 1 saturated heterocycles. The lowest BCUT2D eigenvalue weighted by molar-refractivity contribution is 0.663. The molecule has 78 valence electrons. The van der Waals surface area contributed by atoms with Gasteiger partial charge in [-0.15, -0.1) is 0 Å². The predicted octanol–water partition coefficient (Wildman–Crippen LogP) is 2.71. The maximum absolute atomic E-state index is 11.9. The second-order valence-corrected chi connectivity index (χ2v) is 6.38. The zero-order valence-corrected chi connectivity index (χ0v) is 9.51. The summed E-state index contributed by atoms with van der Waals surface area (Å²) in [6.45, 7) is 0. The van der Waals surface area contributed by atoms with Crippen molar-refractivity contribution in [2.24, 2.45) is 4.36 Å². The van der Waals surface area contributed by atoms with Crippen LogP contribution in [0.1, 0.15) is 12.0 Å². The Morgan fingerprint density at radius 3 is 2.73 bits per heavy atom. The summed E-state index contributed by atoms with van der Waals surface area (Å²) in [5.41, 5.74) is 0.878. The van der Waals surface area contributed by atoms with Gasteiger partial charge in [0, 0.05) is 16.5 Å². The normalized spacial score (nSPS) is 17.6. The SMILES string of the molecule is N#Cc1cc(Cl)ccc1N=S1(=O)CCC1. The monoisotopic (exact) mass is 240 g/mol.